The van der Waals surface area contributed by atoms with E-state index in [1.807, 2.05) is 0 Å². The van der Waals surface area contributed by atoms with Crippen molar-refractivity contribution < 1.29 is 44.8 Å². The minimum atomic E-state index is -5.88. The van der Waals surface area contributed by atoms with Gasteiger partial charge in [-0.25, -0.2) is 4.98 Å². The van der Waals surface area contributed by atoms with Crippen LogP contribution >= 0.6 is 23.2 Å². The first-order valence-corrected chi connectivity index (χ1v) is 11.0. The lowest BCUT2D eigenvalue weighted by atomic mass is 10.1. The number of benzene rings is 1. The Hall–Kier alpha value is -2.35. The van der Waals surface area contributed by atoms with Gasteiger partial charge in [0.1, 0.15) is 17.4 Å². The molecule has 3 rings (SSSR count). The summed E-state index contributed by atoms with van der Waals surface area (Å²) in [5.74, 6) is -0.830. The minimum absolute atomic E-state index is 0.00472. The van der Waals surface area contributed by atoms with Crippen molar-refractivity contribution >= 4 is 56.5 Å². The molecule has 0 saturated carbocycles. The minimum Gasteiger partial charge on any atom is -0.495 e. The van der Waals surface area contributed by atoms with Crippen LogP contribution in [0.3, 0.4) is 0 Å². The maximum Gasteiger partial charge on any atom is 0.534 e. The average Bonchev–Trinajstić information content (AvgIpc) is 3.11. The van der Waals surface area contributed by atoms with Gasteiger partial charge < -0.3 is 13.7 Å². The molecule has 0 radical (unpaired) electrons. The molecule has 1 aliphatic rings. The van der Waals surface area contributed by atoms with E-state index in [0.29, 0.717) is 23.8 Å². The Morgan fingerprint density at radius 1 is 1.24 bits per heavy atom. The smallest absolute Gasteiger partial charge is 0.495 e. The molecular weight excluding hydrogens is 516 g/mol. The summed E-state index contributed by atoms with van der Waals surface area (Å²) in [4.78, 5) is 24.9. The van der Waals surface area contributed by atoms with Gasteiger partial charge in [-0.3, -0.25) is 14.5 Å². The number of fused-ring (bicyclic) bond motifs is 3. The first-order valence-electron chi connectivity index (χ1n) is 8.87. The molecule has 0 amide bonds. The molecule has 0 aliphatic carbocycles. The van der Waals surface area contributed by atoms with Gasteiger partial charge in [-0.15, -0.1) is 0 Å². The molecule has 33 heavy (non-hydrogen) atoms. The van der Waals surface area contributed by atoms with Crippen molar-refractivity contribution in [1.29, 1.82) is 0 Å². The second-order valence-electron chi connectivity index (χ2n) is 6.60. The van der Waals surface area contributed by atoms with Crippen molar-refractivity contribution in [3.63, 3.8) is 0 Å². The fourth-order valence-corrected chi connectivity index (χ4v) is 3.75. The standard InChI is InChI=1S/C14H11Cl2F3N2O4S.C4H6O3/c1-21-4-7-6-3-9(24-2)10(15)11(16)12(6)20-13(8(7)5-21)25-26(22,23)14(17,18)19;1-4(6)7-3-2-5/h3H,4-5H2,1-2H3;2H,3H2,1H3. The molecule has 1 aromatic carbocycles. The summed E-state index contributed by atoms with van der Waals surface area (Å²) in [6, 6.07) is 1.55. The highest BCUT2D eigenvalue weighted by Crippen LogP contribution is 2.43. The van der Waals surface area contributed by atoms with Crippen LogP contribution in [0, 0.1) is 0 Å². The summed E-state index contributed by atoms with van der Waals surface area (Å²) in [5, 5.41) is 0.421. The molecule has 15 heteroatoms. The summed E-state index contributed by atoms with van der Waals surface area (Å²) in [6.07, 6.45) is 0.529. The van der Waals surface area contributed by atoms with Crippen LogP contribution in [0.15, 0.2) is 6.07 Å². The third-order valence-electron chi connectivity index (χ3n) is 4.21. The van der Waals surface area contributed by atoms with Crippen molar-refractivity contribution in [2.45, 2.75) is 25.5 Å². The van der Waals surface area contributed by atoms with Crippen LogP contribution in [0.2, 0.25) is 10.0 Å². The van der Waals surface area contributed by atoms with E-state index in [-0.39, 0.29) is 40.0 Å². The van der Waals surface area contributed by atoms with E-state index in [9.17, 15) is 31.2 Å². The Morgan fingerprint density at radius 2 is 1.85 bits per heavy atom. The van der Waals surface area contributed by atoms with E-state index in [1.165, 1.54) is 14.0 Å². The van der Waals surface area contributed by atoms with Crippen LogP contribution in [0.5, 0.6) is 11.6 Å². The summed E-state index contributed by atoms with van der Waals surface area (Å²) in [6.45, 7) is 1.61. The van der Waals surface area contributed by atoms with E-state index >= 15 is 0 Å². The number of carbonyl (C=O) groups is 2. The van der Waals surface area contributed by atoms with Gasteiger partial charge >= 0.3 is 21.6 Å². The molecule has 1 aliphatic heterocycles. The van der Waals surface area contributed by atoms with E-state index in [2.05, 4.69) is 13.9 Å². The number of carbonyl (C=O) groups excluding carboxylic acids is 2. The van der Waals surface area contributed by atoms with Gasteiger partial charge in [0, 0.05) is 31.0 Å². The van der Waals surface area contributed by atoms with Gasteiger partial charge in [-0.1, -0.05) is 23.2 Å². The number of ether oxygens (including phenoxy) is 2. The fraction of sp³-hybridized carbons (Fsp3) is 0.389. The molecule has 0 unspecified atom stereocenters. The van der Waals surface area contributed by atoms with E-state index in [0.717, 1.165) is 0 Å². The lowest BCUT2D eigenvalue weighted by Crippen LogP contribution is -2.28. The molecule has 2 heterocycles. The highest BCUT2D eigenvalue weighted by atomic mass is 35.5. The van der Waals surface area contributed by atoms with E-state index < -0.39 is 27.5 Å². The SMILES string of the molecule is CC(=O)OCC=O.COc1cc2c3c(c(OS(=O)(=O)C(F)(F)F)nc2c(Cl)c1Cl)CN(C)C3. The molecule has 0 saturated heterocycles. The topological polar surface area (TPSA) is 112 Å². The molecule has 9 nitrogen and oxygen atoms in total. The van der Waals surface area contributed by atoms with Crippen LogP contribution < -0.4 is 8.92 Å². The Bertz CT molecular complexity index is 1190. The number of esters is 1. The van der Waals surface area contributed by atoms with Crippen molar-refractivity contribution in [2.24, 2.45) is 0 Å². The second-order valence-corrected chi connectivity index (χ2v) is 8.90. The number of hydrogen-bond acceptors (Lipinski definition) is 9. The predicted octanol–water partition coefficient (Wildman–Crippen LogP) is 3.47. The van der Waals surface area contributed by atoms with Crippen molar-refractivity contribution in [2.75, 3.05) is 20.8 Å². The third-order valence-corrected chi connectivity index (χ3v) is 6.00. The number of halogens is 5. The van der Waals surface area contributed by atoms with Gasteiger partial charge in [0.25, 0.3) is 0 Å². The summed E-state index contributed by atoms with van der Waals surface area (Å²) in [7, 11) is -2.78. The van der Waals surface area contributed by atoms with Crippen LogP contribution in [-0.2, 0) is 37.5 Å². The van der Waals surface area contributed by atoms with Crippen LogP contribution in [0.1, 0.15) is 18.1 Å². The second kappa shape index (κ2) is 10.3. The Labute approximate surface area is 196 Å². The first kappa shape index (κ1) is 26.9. The number of methoxy groups -OCH3 is 1. The van der Waals surface area contributed by atoms with Crippen molar-refractivity contribution in [3.05, 3.63) is 27.2 Å². The van der Waals surface area contributed by atoms with Gasteiger partial charge in [0.15, 0.2) is 6.29 Å². The number of hydrogen-bond donors (Lipinski definition) is 0. The quantitative estimate of drug-likeness (QED) is 0.247. The molecule has 0 fully saturated rings. The maximum absolute atomic E-state index is 12.7. The van der Waals surface area contributed by atoms with Gasteiger partial charge in [0.2, 0.25) is 5.88 Å². The monoisotopic (exact) mass is 532 g/mol. The van der Waals surface area contributed by atoms with Gasteiger partial charge in [0.05, 0.1) is 17.6 Å². The van der Waals surface area contributed by atoms with Crippen LogP contribution in [-0.4, -0.2) is 56.8 Å². The van der Waals surface area contributed by atoms with E-state index in [4.69, 9.17) is 27.9 Å². The number of rotatable bonds is 5. The van der Waals surface area contributed by atoms with Crippen LogP contribution in [0.4, 0.5) is 13.2 Å². The average molecular weight is 533 g/mol. The lowest BCUT2D eigenvalue weighted by molar-refractivity contribution is -0.143. The highest BCUT2D eigenvalue weighted by Gasteiger charge is 2.49. The summed E-state index contributed by atoms with van der Waals surface area (Å²) in [5.41, 5.74) is -4.78. The molecule has 1 aromatic heterocycles. The number of aromatic nitrogens is 1. The highest BCUT2D eigenvalue weighted by molar-refractivity contribution is 7.87. The fourth-order valence-electron chi connectivity index (χ4n) is 2.85. The Morgan fingerprint density at radius 3 is 2.33 bits per heavy atom. The zero-order valence-electron chi connectivity index (χ0n) is 17.3. The number of alkyl halides is 3. The van der Waals surface area contributed by atoms with Crippen molar-refractivity contribution in [1.82, 2.24) is 9.88 Å². The first-order chi connectivity index (χ1) is 15.2. The predicted molar refractivity (Wildman–Crippen MR) is 112 cm³/mol. The number of pyridine rings is 1. The van der Waals surface area contributed by atoms with Gasteiger partial charge in [-0.05, 0) is 18.7 Å². The summed E-state index contributed by atoms with van der Waals surface area (Å²) >= 11 is 12.2. The summed E-state index contributed by atoms with van der Waals surface area (Å²) < 4.78 is 74.5. The molecule has 0 spiro atoms. The van der Waals surface area contributed by atoms with Crippen LogP contribution in [0.25, 0.3) is 10.9 Å². The molecule has 0 bridgehead atoms. The largest absolute Gasteiger partial charge is 0.534 e. The van der Waals surface area contributed by atoms with Gasteiger partial charge in [-0.2, -0.15) is 21.6 Å². The zero-order valence-corrected chi connectivity index (χ0v) is 19.7. The molecule has 0 N–H and O–H groups in total. The molecule has 0 atom stereocenters. The van der Waals surface area contributed by atoms with Crippen molar-refractivity contribution in [3.8, 4) is 11.6 Å². The normalized spacial score (nSPS) is 13.7. The number of nitrogens with zero attached hydrogens (tertiary/aromatic N) is 2. The molecule has 182 valence electrons. The lowest BCUT2D eigenvalue weighted by Gasteiger charge is -2.15. The Kier molecular flexibility index (Phi) is 8.38. The maximum atomic E-state index is 12.7. The Balaban J connectivity index is 0.000000479. The third kappa shape index (κ3) is 5.96. The van der Waals surface area contributed by atoms with E-state index in [1.54, 1.807) is 18.0 Å². The molecular formula is C18H17Cl2F3N2O7S. The zero-order chi connectivity index (χ0) is 25.1. The molecule has 2 aromatic rings. The number of aldehydes is 1.